The predicted molar refractivity (Wildman–Crippen MR) is 80.7 cm³/mol. The molecule has 0 aromatic rings. The lowest BCUT2D eigenvalue weighted by molar-refractivity contribution is -0.137. The van der Waals surface area contributed by atoms with Gasteiger partial charge in [-0.05, 0) is 43.4 Å². The number of hydrogen-bond acceptors (Lipinski definition) is 3. The van der Waals surface area contributed by atoms with Gasteiger partial charge in [-0.3, -0.25) is 9.69 Å². The molecule has 1 N–H and O–H groups in total. The summed E-state index contributed by atoms with van der Waals surface area (Å²) in [6, 6.07) is 1.16. The molecule has 2 unspecified atom stereocenters. The maximum Gasteiger partial charge on any atom is 0.303 e. The van der Waals surface area contributed by atoms with E-state index < -0.39 is 5.97 Å². The van der Waals surface area contributed by atoms with Crippen molar-refractivity contribution in [3.8, 4) is 0 Å². The van der Waals surface area contributed by atoms with Gasteiger partial charge in [-0.25, -0.2) is 0 Å². The number of nitrogens with zero attached hydrogens (tertiary/aromatic N) is 1. The minimum Gasteiger partial charge on any atom is -0.481 e. The highest BCUT2D eigenvalue weighted by molar-refractivity contribution is 7.99. The Hall–Kier alpha value is -0.220. The molecule has 3 nitrogen and oxygen atoms in total. The topological polar surface area (TPSA) is 40.5 Å². The third-order valence-electron chi connectivity index (χ3n) is 4.42. The summed E-state index contributed by atoms with van der Waals surface area (Å²) in [4.78, 5) is 13.4. The lowest BCUT2D eigenvalue weighted by Crippen LogP contribution is -2.50. The van der Waals surface area contributed by atoms with Crippen LogP contribution in [0.15, 0.2) is 0 Å². The highest BCUT2D eigenvalue weighted by Crippen LogP contribution is 2.38. The Kier molecular flexibility index (Phi) is 5.18. The van der Waals surface area contributed by atoms with Crippen molar-refractivity contribution in [2.75, 3.05) is 18.1 Å². The van der Waals surface area contributed by atoms with Gasteiger partial charge in [-0.1, -0.05) is 20.3 Å². The van der Waals surface area contributed by atoms with E-state index >= 15 is 0 Å². The average molecular weight is 285 g/mol. The van der Waals surface area contributed by atoms with Crippen molar-refractivity contribution in [1.82, 2.24) is 4.90 Å². The summed E-state index contributed by atoms with van der Waals surface area (Å²) >= 11 is 2.07. The van der Waals surface area contributed by atoms with E-state index in [1.165, 1.54) is 43.7 Å². The summed E-state index contributed by atoms with van der Waals surface area (Å²) in [5, 5.41) is 8.90. The van der Waals surface area contributed by atoms with Crippen LogP contribution in [0.5, 0.6) is 0 Å². The maximum atomic E-state index is 10.8. The van der Waals surface area contributed by atoms with Crippen molar-refractivity contribution in [2.24, 2.45) is 5.41 Å². The Bertz CT molecular complexity index is 319. The second-order valence-corrected chi connectivity index (χ2v) is 7.89. The van der Waals surface area contributed by atoms with Gasteiger partial charge < -0.3 is 5.11 Å². The molecule has 2 heterocycles. The SMILES string of the molecule is CC1(C)CSCC(N2CCCCC2CCC(=O)O)C1. The molecule has 0 saturated carbocycles. The van der Waals surface area contributed by atoms with E-state index in [0.29, 0.717) is 23.9 Å². The van der Waals surface area contributed by atoms with Crippen molar-refractivity contribution in [3.05, 3.63) is 0 Å². The predicted octanol–water partition coefficient (Wildman–Crippen LogP) is 3.24. The number of carbonyl (C=O) groups is 1. The number of thioether (sulfide) groups is 1. The zero-order valence-electron chi connectivity index (χ0n) is 12.2. The van der Waals surface area contributed by atoms with Gasteiger partial charge in [0.15, 0.2) is 0 Å². The molecular formula is C15H27NO2S. The fourth-order valence-electron chi connectivity index (χ4n) is 3.54. The van der Waals surface area contributed by atoms with E-state index in [2.05, 4.69) is 30.5 Å². The molecule has 110 valence electrons. The van der Waals surface area contributed by atoms with Crippen molar-refractivity contribution in [2.45, 2.75) is 64.5 Å². The minimum absolute atomic E-state index is 0.324. The van der Waals surface area contributed by atoms with E-state index in [9.17, 15) is 4.79 Å². The van der Waals surface area contributed by atoms with Crippen LogP contribution in [0, 0.1) is 5.41 Å². The molecule has 0 aliphatic carbocycles. The Morgan fingerprint density at radius 3 is 2.89 bits per heavy atom. The van der Waals surface area contributed by atoms with Gasteiger partial charge in [0.05, 0.1) is 0 Å². The summed E-state index contributed by atoms with van der Waals surface area (Å²) in [5.41, 5.74) is 0.433. The summed E-state index contributed by atoms with van der Waals surface area (Å²) in [7, 11) is 0. The Morgan fingerprint density at radius 1 is 1.42 bits per heavy atom. The number of piperidine rings is 1. The fourth-order valence-corrected chi connectivity index (χ4v) is 4.91. The van der Waals surface area contributed by atoms with Crippen LogP contribution in [-0.4, -0.2) is 46.1 Å². The molecule has 19 heavy (non-hydrogen) atoms. The molecule has 0 radical (unpaired) electrons. The highest BCUT2D eigenvalue weighted by Gasteiger charge is 2.35. The van der Waals surface area contributed by atoms with Crippen LogP contribution in [0.2, 0.25) is 0 Å². The van der Waals surface area contributed by atoms with Crippen molar-refractivity contribution in [1.29, 1.82) is 0 Å². The van der Waals surface area contributed by atoms with Gasteiger partial charge in [0.25, 0.3) is 0 Å². The first kappa shape index (κ1) is 15.2. The van der Waals surface area contributed by atoms with Crippen LogP contribution < -0.4 is 0 Å². The van der Waals surface area contributed by atoms with Gasteiger partial charge in [-0.15, -0.1) is 0 Å². The highest BCUT2D eigenvalue weighted by atomic mass is 32.2. The van der Waals surface area contributed by atoms with Crippen LogP contribution in [-0.2, 0) is 4.79 Å². The van der Waals surface area contributed by atoms with E-state index in [0.717, 1.165) is 6.42 Å². The Balaban J connectivity index is 1.96. The summed E-state index contributed by atoms with van der Waals surface area (Å²) in [6.07, 6.45) is 6.16. The first-order chi connectivity index (χ1) is 8.98. The van der Waals surface area contributed by atoms with E-state index in [1.807, 2.05) is 0 Å². The molecule has 2 aliphatic heterocycles. The molecular weight excluding hydrogens is 258 g/mol. The molecule has 2 fully saturated rings. The molecule has 4 heteroatoms. The average Bonchev–Trinajstić information content (AvgIpc) is 2.35. The van der Waals surface area contributed by atoms with Crippen LogP contribution in [0.25, 0.3) is 0 Å². The van der Waals surface area contributed by atoms with Crippen molar-refractivity contribution < 1.29 is 9.90 Å². The lowest BCUT2D eigenvalue weighted by Gasteiger charge is -2.46. The maximum absolute atomic E-state index is 10.8. The van der Waals surface area contributed by atoms with Gasteiger partial charge in [0, 0.05) is 24.3 Å². The molecule has 2 rings (SSSR count). The number of likely N-dealkylation sites (tertiary alicyclic amines) is 1. The minimum atomic E-state index is -0.649. The van der Waals surface area contributed by atoms with Crippen LogP contribution in [0.1, 0.15) is 52.4 Å². The molecule has 2 atom stereocenters. The molecule has 0 bridgehead atoms. The fraction of sp³-hybridized carbons (Fsp3) is 0.933. The zero-order chi connectivity index (χ0) is 13.9. The van der Waals surface area contributed by atoms with Crippen LogP contribution >= 0.6 is 11.8 Å². The summed E-state index contributed by atoms with van der Waals surface area (Å²) in [5.74, 6) is 1.84. The van der Waals surface area contributed by atoms with E-state index in [4.69, 9.17) is 5.11 Å². The lowest BCUT2D eigenvalue weighted by atomic mass is 9.85. The molecule has 0 aromatic heterocycles. The first-order valence-corrected chi connectivity index (χ1v) is 8.69. The van der Waals surface area contributed by atoms with Crippen LogP contribution in [0.3, 0.4) is 0 Å². The first-order valence-electron chi connectivity index (χ1n) is 7.53. The van der Waals surface area contributed by atoms with E-state index in [-0.39, 0.29) is 0 Å². The zero-order valence-corrected chi connectivity index (χ0v) is 13.0. The number of hydrogen-bond donors (Lipinski definition) is 1. The molecule has 0 spiro atoms. The molecule has 2 aliphatic rings. The van der Waals surface area contributed by atoms with Crippen molar-refractivity contribution >= 4 is 17.7 Å². The Morgan fingerprint density at radius 2 is 2.21 bits per heavy atom. The second kappa shape index (κ2) is 6.49. The smallest absolute Gasteiger partial charge is 0.303 e. The number of carboxylic acid groups (broad SMARTS) is 1. The molecule has 0 amide bonds. The van der Waals surface area contributed by atoms with Gasteiger partial charge >= 0.3 is 5.97 Å². The quantitative estimate of drug-likeness (QED) is 0.861. The van der Waals surface area contributed by atoms with Crippen molar-refractivity contribution in [3.63, 3.8) is 0 Å². The summed E-state index contributed by atoms with van der Waals surface area (Å²) in [6.45, 7) is 5.90. The largest absolute Gasteiger partial charge is 0.481 e. The monoisotopic (exact) mass is 285 g/mol. The van der Waals surface area contributed by atoms with Gasteiger partial charge in [0.1, 0.15) is 0 Å². The normalized spacial score (nSPS) is 32.1. The standard InChI is InChI=1S/C15H27NO2S/c1-15(2)9-13(10-19-11-15)16-8-4-3-5-12(16)6-7-14(17)18/h12-13H,3-11H2,1-2H3,(H,17,18). The third kappa shape index (κ3) is 4.38. The third-order valence-corrected chi connectivity index (χ3v) is 6.03. The summed E-state index contributed by atoms with van der Waals surface area (Å²) < 4.78 is 0. The molecule has 2 saturated heterocycles. The number of rotatable bonds is 4. The van der Waals surface area contributed by atoms with Gasteiger partial charge in [0.2, 0.25) is 0 Å². The second-order valence-electron chi connectivity index (χ2n) is 6.86. The Labute approximate surface area is 121 Å². The van der Waals surface area contributed by atoms with Gasteiger partial charge in [-0.2, -0.15) is 11.8 Å². The van der Waals surface area contributed by atoms with Crippen LogP contribution in [0.4, 0.5) is 0 Å². The van der Waals surface area contributed by atoms with E-state index in [1.54, 1.807) is 0 Å². The molecule has 0 aromatic carbocycles. The number of aliphatic carboxylic acids is 1. The number of carboxylic acids is 1.